The number of aromatic nitrogens is 1. The van der Waals surface area contributed by atoms with E-state index in [1.165, 1.54) is 6.07 Å². The van der Waals surface area contributed by atoms with E-state index >= 15 is 0 Å². The number of ether oxygens (including phenoxy) is 3. The van der Waals surface area contributed by atoms with Crippen LogP contribution in [0.3, 0.4) is 0 Å². The fraction of sp³-hybridized carbons (Fsp3) is 0.111. The molecule has 4 aromatic rings. The second-order valence-corrected chi connectivity index (χ2v) is 7.61. The van der Waals surface area contributed by atoms with E-state index in [1.54, 1.807) is 12.1 Å². The van der Waals surface area contributed by atoms with Crippen LogP contribution in [0.2, 0.25) is 0 Å². The predicted molar refractivity (Wildman–Crippen MR) is 125 cm³/mol. The molecule has 0 unspecified atom stereocenters. The zero-order chi connectivity index (χ0) is 25.5. The molecule has 1 N–H and O–H groups in total. The van der Waals surface area contributed by atoms with Crippen LogP contribution in [0.1, 0.15) is 21.5 Å². The molecular weight excluding hydrogens is 475 g/mol. The summed E-state index contributed by atoms with van der Waals surface area (Å²) in [5.74, 6) is -2.04. The zero-order valence-electron chi connectivity index (χ0n) is 18.7. The third kappa shape index (κ3) is 6.53. The van der Waals surface area contributed by atoms with Gasteiger partial charge in [-0.05, 0) is 34.9 Å². The fourth-order valence-corrected chi connectivity index (χ4v) is 3.37. The lowest BCUT2D eigenvalue weighted by atomic mass is 10.0. The third-order valence-electron chi connectivity index (χ3n) is 5.03. The van der Waals surface area contributed by atoms with Gasteiger partial charge in [0.05, 0.1) is 0 Å². The molecular formula is C27H20F3NO5. The summed E-state index contributed by atoms with van der Waals surface area (Å²) in [5.41, 5.74) is 1.71. The topological polar surface area (TPSA) is 77.9 Å². The van der Waals surface area contributed by atoms with Crippen molar-refractivity contribution in [2.24, 2.45) is 0 Å². The van der Waals surface area contributed by atoms with E-state index in [1.807, 2.05) is 60.7 Å². The Morgan fingerprint density at radius 3 is 2.00 bits per heavy atom. The highest BCUT2D eigenvalue weighted by Gasteiger charge is 2.33. The number of hydrogen-bond acceptors (Lipinski definition) is 5. The number of hydrogen-bond donors (Lipinski definition) is 1. The molecule has 1 aromatic heterocycles. The standard InChI is InChI=1S/C27H20F3NO5/c28-27(29,30)36-23-15-20(11-12-22(23)26(32)33)21-13-14-24(34-16-18-7-3-1-4-8-18)31-25(21)35-17-19-9-5-2-6-10-19/h1-15H,16-17H2,(H,32,33). The summed E-state index contributed by atoms with van der Waals surface area (Å²) in [7, 11) is 0. The number of pyridine rings is 1. The summed E-state index contributed by atoms with van der Waals surface area (Å²) in [4.78, 5) is 15.8. The average Bonchev–Trinajstić information content (AvgIpc) is 2.86. The molecule has 36 heavy (non-hydrogen) atoms. The summed E-state index contributed by atoms with van der Waals surface area (Å²) in [6.07, 6.45) is -5.07. The number of halogens is 3. The molecule has 0 spiro atoms. The lowest BCUT2D eigenvalue weighted by Gasteiger charge is -2.16. The summed E-state index contributed by atoms with van der Waals surface area (Å²) in [6, 6.07) is 25.2. The van der Waals surface area contributed by atoms with Crippen molar-refractivity contribution in [1.29, 1.82) is 0 Å². The zero-order valence-corrected chi connectivity index (χ0v) is 18.7. The van der Waals surface area contributed by atoms with Crippen LogP contribution in [0.4, 0.5) is 13.2 Å². The number of rotatable bonds is 9. The van der Waals surface area contributed by atoms with Crippen molar-refractivity contribution in [2.45, 2.75) is 19.6 Å². The minimum Gasteiger partial charge on any atom is -0.478 e. The van der Waals surface area contributed by atoms with E-state index < -0.39 is 23.6 Å². The van der Waals surface area contributed by atoms with Gasteiger partial charge in [0.25, 0.3) is 0 Å². The molecule has 0 saturated carbocycles. The molecule has 9 heteroatoms. The molecule has 0 bridgehead atoms. The molecule has 4 rings (SSSR count). The van der Waals surface area contributed by atoms with Crippen molar-refractivity contribution in [3.63, 3.8) is 0 Å². The Balaban J connectivity index is 1.68. The van der Waals surface area contributed by atoms with Crippen molar-refractivity contribution in [1.82, 2.24) is 4.98 Å². The van der Waals surface area contributed by atoms with Gasteiger partial charge in [-0.2, -0.15) is 4.98 Å². The molecule has 0 aliphatic carbocycles. The Bertz CT molecular complexity index is 1330. The number of aromatic carboxylic acids is 1. The summed E-state index contributed by atoms with van der Waals surface area (Å²) >= 11 is 0. The number of alkyl halides is 3. The summed E-state index contributed by atoms with van der Waals surface area (Å²) in [5, 5.41) is 9.28. The lowest BCUT2D eigenvalue weighted by molar-refractivity contribution is -0.274. The van der Waals surface area contributed by atoms with Crippen LogP contribution < -0.4 is 14.2 Å². The van der Waals surface area contributed by atoms with E-state index in [2.05, 4.69) is 9.72 Å². The second kappa shape index (κ2) is 10.8. The van der Waals surface area contributed by atoms with Gasteiger partial charge in [0.1, 0.15) is 24.5 Å². The van der Waals surface area contributed by atoms with Gasteiger partial charge >= 0.3 is 12.3 Å². The van der Waals surface area contributed by atoms with E-state index in [0.29, 0.717) is 5.56 Å². The number of carboxylic acids is 1. The quantitative estimate of drug-likeness (QED) is 0.286. The molecule has 3 aromatic carbocycles. The van der Waals surface area contributed by atoms with Crippen LogP contribution in [-0.4, -0.2) is 22.4 Å². The Hall–Kier alpha value is -4.53. The first-order valence-corrected chi connectivity index (χ1v) is 10.8. The van der Waals surface area contributed by atoms with Gasteiger partial charge in [0.15, 0.2) is 0 Å². The Morgan fingerprint density at radius 1 is 0.806 bits per heavy atom. The normalized spacial score (nSPS) is 11.1. The molecule has 0 amide bonds. The molecule has 0 atom stereocenters. The lowest BCUT2D eigenvalue weighted by Crippen LogP contribution is -2.19. The smallest absolute Gasteiger partial charge is 0.478 e. The van der Waals surface area contributed by atoms with Crippen molar-refractivity contribution in [2.75, 3.05) is 0 Å². The highest BCUT2D eigenvalue weighted by molar-refractivity contribution is 5.92. The highest BCUT2D eigenvalue weighted by atomic mass is 19.4. The first kappa shape index (κ1) is 24.6. The summed E-state index contributed by atoms with van der Waals surface area (Å²) in [6.45, 7) is 0.393. The molecule has 6 nitrogen and oxygen atoms in total. The maximum absolute atomic E-state index is 12.9. The Morgan fingerprint density at radius 2 is 1.42 bits per heavy atom. The SMILES string of the molecule is O=C(O)c1ccc(-c2ccc(OCc3ccccc3)nc2OCc2ccccc2)cc1OC(F)(F)F. The van der Waals surface area contributed by atoms with Crippen LogP contribution >= 0.6 is 0 Å². The molecule has 1 heterocycles. The fourth-order valence-electron chi connectivity index (χ4n) is 3.37. The van der Waals surface area contributed by atoms with Crippen LogP contribution in [0, 0.1) is 0 Å². The van der Waals surface area contributed by atoms with Crippen molar-refractivity contribution in [3.8, 4) is 28.6 Å². The number of benzene rings is 3. The maximum Gasteiger partial charge on any atom is 0.573 e. The second-order valence-electron chi connectivity index (χ2n) is 7.61. The minimum absolute atomic E-state index is 0.102. The minimum atomic E-state index is -5.07. The van der Waals surface area contributed by atoms with Crippen LogP contribution in [0.15, 0.2) is 91.0 Å². The van der Waals surface area contributed by atoms with Crippen molar-refractivity contribution < 1.29 is 37.3 Å². The van der Waals surface area contributed by atoms with Crippen molar-refractivity contribution in [3.05, 3.63) is 108 Å². The van der Waals surface area contributed by atoms with Crippen LogP contribution in [0.25, 0.3) is 11.1 Å². The molecule has 0 fully saturated rings. The Kier molecular flexibility index (Phi) is 7.39. The molecule has 0 radical (unpaired) electrons. The van der Waals surface area contributed by atoms with Gasteiger partial charge in [-0.15, -0.1) is 13.2 Å². The van der Waals surface area contributed by atoms with E-state index in [-0.39, 0.29) is 30.5 Å². The van der Waals surface area contributed by atoms with E-state index in [9.17, 15) is 23.1 Å². The molecule has 0 aliphatic rings. The van der Waals surface area contributed by atoms with Crippen LogP contribution in [-0.2, 0) is 13.2 Å². The maximum atomic E-state index is 12.9. The van der Waals surface area contributed by atoms with Crippen molar-refractivity contribution >= 4 is 5.97 Å². The van der Waals surface area contributed by atoms with Crippen LogP contribution in [0.5, 0.6) is 17.5 Å². The van der Waals surface area contributed by atoms with Gasteiger partial charge in [0.2, 0.25) is 11.8 Å². The monoisotopic (exact) mass is 495 g/mol. The van der Waals surface area contributed by atoms with Gasteiger partial charge in [-0.25, -0.2) is 4.79 Å². The van der Waals surface area contributed by atoms with Gasteiger partial charge in [-0.1, -0.05) is 66.7 Å². The average molecular weight is 495 g/mol. The van der Waals surface area contributed by atoms with E-state index in [0.717, 1.165) is 23.3 Å². The largest absolute Gasteiger partial charge is 0.573 e. The first-order chi connectivity index (χ1) is 17.3. The van der Waals surface area contributed by atoms with Gasteiger partial charge in [0, 0.05) is 11.6 Å². The van der Waals surface area contributed by atoms with E-state index in [4.69, 9.17) is 9.47 Å². The number of carbonyl (C=O) groups is 1. The molecule has 0 saturated heterocycles. The number of nitrogens with zero attached hydrogens (tertiary/aromatic N) is 1. The molecule has 0 aliphatic heterocycles. The van der Waals surface area contributed by atoms with Gasteiger partial charge in [-0.3, -0.25) is 0 Å². The number of carboxylic acid groups (broad SMARTS) is 1. The van der Waals surface area contributed by atoms with Gasteiger partial charge < -0.3 is 19.3 Å². The highest BCUT2D eigenvalue weighted by Crippen LogP contribution is 2.36. The predicted octanol–water partition coefficient (Wildman–Crippen LogP) is 6.50. The Labute approximate surface area is 204 Å². The third-order valence-corrected chi connectivity index (χ3v) is 5.03. The molecule has 184 valence electrons. The first-order valence-electron chi connectivity index (χ1n) is 10.8. The summed E-state index contributed by atoms with van der Waals surface area (Å²) < 4.78 is 54.4.